The average molecular weight is 631 g/mol. The van der Waals surface area contributed by atoms with Gasteiger partial charge in [-0.25, -0.2) is 6.57 Å². The molecule has 2 fully saturated rings. The number of nitrogens with zero attached hydrogens (tertiary/aromatic N) is 8. The normalized spacial score (nSPS) is 18.5. The van der Waals surface area contributed by atoms with Crippen LogP contribution in [-0.4, -0.2) is 109 Å². The van der Waals surface area contributed by atoms with Crippen molar-refractivity contribution in [3.8, 4) is 6.01 Å². The van der Waals surface area contributed by atoms with E-state index < -0.39 is 0 Å². The minimum absolute atomic E-state index is 0.0625. The fourth-order valence-electron chi connectivity index (χ4n) is 5.97. The Morgan fingerprint density at radius 1 is 1.16 bits per heavy atom. The van der Waals surface area contributed by atoms with E-state index in [-0.39, 0.29) is 18.5 Å². The molecule has 4 heterocycles. The molecular formula is C33H39ClN8O3. The SMILES string of the molecule is [C-]#[N+]C[C@H]1CN(c2nc(OCCOC3CC3)nc3c2CCN(c2cncc4cccc(Cl)c24)C3)CCN1C(=O)/C=C/CN(C)C. The van der Waals surface area contributed by atoms with Crippen molar-refractivity contribution >= 4 is 39.8 Å². The highest BCUT2D eigenvalue weighted by Crippen LogP contribution is 2.36. The van der Waals surface area contributed by atoms with Gasteiger partial charge < -0.3 is 33.9 Å². The second-order valence-corrected chi connectivity index (χ2v) is 12.4. The van der Waals surface area contributed by atoms with Gasteiger partial charge in [-0.3, -0.25) is 9.78 Å². The predicted molar refractivity (Wildman–Crippen MR) is 175 cm³/mol. The van der Waals surface area contributed by atoms with Crippen LogP contribution in [0, 0.1) is 6.57 Å². The lowest BCUT2D eigenvalue weighted by Crippen LogP contribution is -2.56. The molecule has 0 radical (unpaired) electrons. The second kappa shape index (κ2) is 14.0. The Morgan fingerprint density at radius 2 is 2.02 bits per heavy atom. The van der Waals surface area contributed by atoms with E-state index in [0.29, 0.717) is 63.1 Å². The van der Waals surface area contributed by atoms with Crippen molar-refractivity contribution in [1.29, 1.82) is 0 Å². The van der Waals surface area contributed by atoms with Gasteiger partial charge >= 0.3 is 6.01 Å². The number of fused-ring (bicyclic) bond motifs is 2. The molecule has 1 amide bonds. The molecule has 6 rings (SSSR count). The van der Waals surface area contributed by atoms with Gasteiger partial charge in [0.25, 0.3) is 0 Å². The minimum Gasteiger partial charge on any atom is -0.461 e. The van der Waals surface area contributed by atoms with E-state index in [1.165, 1.54) is 0 Å². The van der Waals surface area contributed by atoms with Crippen LogP contribution in [-0.2, 0) is 22.5 Å². The van der Waals surface area contributed by atoms with Gasteiger partial charge in [0.05, 0.1) is 41.9 Å². The van der Waals surface area contributed by atoms with E-state index in [2.05, 4.69) is 19.6 Å². The first-order chi connectivity index (χ1) is 21.9. The van der Waals surface area contributed by atoms with Crippen molar-refractivity contribution in [2.75, 3.05) is 76.4 Å². The van der Waals surface area contributed by atoms with Gasteiger partial charge in [0.15, 0.2) is 0 Å². The highest BCUT2D eigenvalue weighted by atomic mass is 35.5. The summed E-state index contributed by atoms with van der Waals surface area (Å²) in [5.74, 6) is 0.754. The van der Waals surface area contributed by atoms with Gasteiger partial charge in [-0.1, -0.05) is 29.8 Å². The Labute approximate surface area is 269 Å². The zero-order valence-corrected chi connectivity index (χ0v) is 26.6. The number of halogens is 1. The maximum atomic E-state index is 13.1. The number of piperazine rings is 1. The highest BCUT2D eigenvalue weighted by molar-refractivity contribution is 6.36. The largest absolute Gasteiger partial charge is 0.461 e. The van der Waals surface area contributed by atoms with Gasteiger partial charge in [0.2, 0.25) is 12.5 Å². The number of likely N-dealkylation sites (N-methyl/N-ethyl adjacent to an activating group) is 1. The van der Waals surface area contributed by atoms with E-state index in [1.54, 1.807) is 6.08 Å². The number of carbonyl (C=O) groups is 1. The number of rotatable bonds is 11. The summed E-state index contributed by atoms with van der Waals surface area (Å²) in [6.45, 7) is 12.2. The number of amides is 1. The fraction of sp³-hybridized carbons (Fsp3) is 0.485. The van der Waals surface area contributed by atoms with Gasteiger partial charge in [-0.05, 0) is 39.4 Å². The number of carbonyl (C=O) groups excluding carboxylic acids is 1. The molecule has 1 atom stereocenters. The molecule has 0 unspecified atom stereocenters. The van der Waals surface area contributed by atoms with Crippen LogP contribution < -0.4 is 14.5 Å². The molecule has 12 heteroatoms. The minimum atomic E-state index is -0.251. The summed E-state index contributed by atoms with van der Waals surface area (Å²) in [7, 11) is 3.92. The van der Waals surface area contributed by atoms with E-state index in [0.717, 1.165) is 59.3 Å². The summed E-state index contributed by atoms with van der Waals surface area (Å²) in [5, 5.41) is 2.65. The fourth-order valence-corrected chi connectivity index (χ4v) is 6.25. The summed E-state index contributed by atoms with van der Waals surface area (Å²) >= 11 is 6.67. The first-order valence-corrected chi connectivity index (χ1v) is 15.9. The molecule has 1 aliphatic carbocycles. The molecule has 2 aromatic heterocycles. The number of ether oxygens (including phenoxy) is 2. The van der Waals surface area contributed by atoms with Crippen molar-refractivity contribution in [2.45, 2.75) is 38.0 Å². The number of pyridine rings is 1. The molecule has 236 valence electrons. The molecule has 45 heavy (non-hydrogen) atoms. The van der Waals surface area contributed by atoms with Gasteiger partial charge in [-0.2, -0.15) is 9.97 Å². The number of hydrogen-bond donors (Lipinski definition) is 0. The molecule has 1 aromatic carbocycles. The van der Waals surface area contributed by atoms with Gasteiger partial charge in [-0.15, -0.1) is 0 Å². The van der Waals surface area contributed by atoms with Crippen molar-refractivity contribution in [3.63, 3.8) is 0 Å². The highest BCUT2D eigenvalue weighted by Gasteiger charge is 2.35. The van der Waals surface area contributed by atoms with Crippen molar-refractivity contribution in [3.05, 3.63) is 70.4 Å². The molecule has 0 bridgehead atoms. The third-order valence-electron chi connectivity index (χ3n) is 8.37. The van der Waals surface area contributed by atoms with Crippen LogP contribution >= 0.6 is 11.6 Å². The number of aromatic nitrogens is 3. The van der Waals surface area contributed by atoms with E-state index in [9.17, 15) is 4.79 Å². The molecule has 1 saturated carbocycles. The van der Waals surface area contributed by atoms with Crippen LogP contribution in [0.15, 0.2) is 42.7 Å². The maximum Gasteiger partial charge on any atom is 0.318 e. The summed E-state index contributed by atoms with van der Waals surface area (Å²) in [6.07, 6.45) is 10.5. The quantitative estimate of drug-likeness (QED) is 0.178. The predicted octanol–water partition coefficient (Wildman–Crippen LogP) is 3.85. The lowest BCUT2D eigenvalue weighted by atomic mass is 10.0. The third-order valence-corrected chi connectivity index (χ3v) is 8.68. The molecule has 11 nitrogen and oxygen atoms in total. The molecular weight excluding hydrogens is 592 g/mol. The molecule has 1 saturated heterocycles. The summed E-state index contributed by atoms with van der Waals surface area (Å²) in [4.78, 5) is 39.4. The summed E-state index contributed by atoms with van der Waals surface area (Å²) in [6, 6.07) is 5.92. The maximum absolute atomic E-state index is 13.1. The topological polar surface area (TPSA) is 91.5 Å². The molecule has 0 spiro atoms. The number of hydrogen-bond acceptors (Lipinski definition) is 9. The van der Waals surface area contributed by atoms with Crippen molar-refractivity contribution in [2.24, 2.45) is 0 Å². The Morgan fingerprint density at radius 3 is 2.82 bits per heavy atom. The Hall–Kier alpha value is -3.98. The van der Waals surface area contributed by atoms with E-state index in [1.807, 2.05) is 60.6 Å². The smallest absolute Gasteiger partial charge is 0.318 e. The van der Waals surface area contributed by atoms with Crippen molar-refractivity contribution in [1.82, 2.24) is 24.8 Å². The number of anilines is 2. The zero-order chi connectivity index (χ0) is 31.3. The van der Waals surface area contributed by atoms with Crippen LogP contribution in [0.25, 0.3) is 15.6 Å². The molecule has 0 N–H and O–H groups in total. The summed E-state index contributed by atoms with van der Waals surface area (Å²) in [5.41, 5.74) is 2.93. The van der Waals surface area contributed by atoms with Crippen LogP contribution in [0.5, 0.6) is 6.01 Å². The Kier molecular flexibility index (Phi) is 9.64. The average Bonchev–Trinajstić information content (AvgIpc) is 3.87. The Bertz CT molecular complexity index is 1600. The van der Waals surface area contributed by atoms with Crippen LogP contribution in [0.3, 0.4) is 0 Å². The lowest BCUT2D eigenvalue weighted by Gasteiger charge is -2.41. The lowest BCUT2D eigenvalue weighted by molar-refractivity contribution is -0.128. The molecule has 3 aromatic rings. The van der Waals surface area contributed by atoms with Crippen molar-refractivity contribution < 1.29 is 14.3 Å². The first kappa shape index (κ1) is 31.0. The number of benzene rings is 1. The van der Waals surface area contributed by atoms with Crippen LogP contribution in [0.1, 0.15) is 24.1 Å². The van der Waals surface area contributed by atoms with E-state index in [4.69, 9.17) is 37.6 Å². The standard InChI is InChI=1S/C33H39ClN8O3/c1-35-19-24-21-41(14-15-42(24)30(43)8-5-12-39(2)3)32-26-11-13-40(29-20-36-18-23-6-4-7-27(34)31(23)29)22-28(26)37-33(38-32)45-17-16-44-25-9-10-25/h4-8,18,20,24-25H,9-17,19,21-22H2,2-3H3/b8-5+/t24-/m0/s1. The first-order valence-electron chi connectivity index (χ1n) is 15.5. The zero-order valence-electron chi connectivity index (χ0n) is 25.9. The Balaban J connectivity index is 1.27. The van der Waals surface area contributed by atoms with Gasteiger partial charge in [0, 0.05) is 61.3 Å². The molecule has 3 aliphatic rings. The monoisotopic (exact) mass is 630 g/mol. The van der Waals surface area contributed by atoms with Gasteiger partial charge in [0.1, 0.15) is 18.5 Å². The second-order valence-electron chi connectivity index (χ2n) is 12.0. The van der Waals surface area contributed by atoms with E-state index >= 15 is 0 Å². The third kappa shape index (κ3) is 7.30. The molecule has 2 aliphatic heterocycles. The van der Waals surface area contributed by atoms with Crippen LogP contribution in [0.4, 0.5) is 11.5 Å². The van der Waals surface area contributed by atoms with Crippen LogP contribution in [0.2, 0.25) is 5.02 Å². The summed E-state index contributed by atoms with van der Waals surface area (Å²) < 4.78 is 11.8.